The van der Waals surface area contributed by atoms with E-state index in [4.69, 9.17) is 16.3 Å². The molecule has 1 amide bonds. The Morgan fingerprint density at radius 3 is 2.80 bits per heavy atom. The van der Waals surface area contributed by atoms with Crippen molar-refractivity contribution >= 4 is 17.5 Å². The SMILES string of the molecule is Cc1nn(CC(C)C)c(C)c1CC(=O)NCCOc1cccc(Cl)c1. The van der Waals surface area contributed by atoms with Crippen molar-refractivity contribution in [2.75, 3.05) is 13.2 Å². The van der Waals surface area contributed by atoms with E-state index in [0.717, 1.165) is 23.5 Å². The van der Waals surface area contributed by atoms with Crippen LogP contribution < -0.4 is 10.1 Å². The van der Waals surface area contributed by atoms with E-state index in [-0.39, 0.29) is 5.91 Å². The number of hydrogen-bond donors (Lipinski definition) is 1. The van der Waals surface area contributed by atoms with E-state index in [1.165, 1.54) is 0 Å². The average molecular weight is 364 g/mol. The molecule has 0 spiro atoms. The number of nitrogens with zero attached hydrogens (tertiary/aromatic N) is 2. The Bertz CT molecular complexity index is 725. The smallest absolute Gasteiger partial charge is 0.224 e. The van der Waals surface area contributed by atoms with Gasteiger partial charge >= 0.3 is 0 Å². The van der Waals surface area contributed by atoms with Gasteiger partial charge in [0.2, 0.25) is 5.91 Å². The van der Waals surface area contributed by atoms with Gasteiger partial charge in [0.15, 0.2) is 0 Å². The molecule has 0 aliphatic rings. The van der Waals surface area contributed by atoms with Crippen LogP contribution in [0.3, 0.4) is 0 Å². The van der Waals surface area contributed by atoms with E-state index in [2.05, 4.69) is 24.3 Å². The molecule has 0 bridgehead atoms. The molecule has 1 N–H and O–H groups in total. The van der Waals surface area contributed by atoms with Gasteiger partial charge < -0.3 is 10.1 Å². The third-order valence-corrected chi connectivity index (χ3v) is 4.13. The molecule has 0 aliphatic heterocycles. The number of carbonyl (C=O) groups excluding carboxylic acids is 1. The lowest BCUT2D eigenvalue weighted by Crippen LogP contribution is -2.29. The summed E-state index contributed by atoms with van der Waals surface area (Å²) in [5.74, 6) is 1.19. The zero-order valence-electron chi connectivity index (χ0n) is 15.3. The molecule has 2 aromatic rings. The highest BCUT2D eigenvalue weighted by Gasteiger charge is 2.15. The summed E-state index contributed by atoms with van der Waals surface area (Å²) < 4.78 is 7.56. The molecule has 0 saturated carbocycles. The van der Waals surface area contributed by atoms with Crippen LogP contribution in [0, 0.1) is 19.8 Å². The maximum Gasteiger partial charge on any atom is 0.224 e. The Morgan fingerprint density at radius 1 is 1.36 bits per heavy atom. The molecule has 136 valence electrons. The summed E-state index contributed by atoms with van der Waals surface area (Å²) in [6.45, 7) is 10.00. The molecule has 1 aromatic heterocycles. The highest BCUT2D eigenvalue weighted by Crippen LogP contribution is 2.17. The van der Waals surface area contributed by atoms with E-state index >= 15 is 0 Å². The van der Waals surface area contributed by atoms with Crippen molar-refractivity contribution in [3.8, 4) is 5.75 Å². The van der Waals surface area contributed by atoms with Gasteiger partial charge in [-0.05, 0) is 38.0 Å². The number of aryl methyl sites for hydroxylation is 1. The fraction of sp³-hybridized carbons (Fsp3) is 0.474. The number of rotatable bonds is 8. The van der Waals surface area contributed by atoms with Gasteiger partial charge in [-0.1, -0.05) is 31.5 Å². The second kappa shape index (κ2) is 8.90. The molecule has 1 heterocycles. The third kappa shape index (κ3) is 5.78. The first-order valence-electron chi connectivity index (χ1n) is 8.54. The Kier molecular flexibility index (Phi) is 6.88. The monoisotopic (exact) mass is 363 g/mol. The third-order valence-electron chi connectivity index (χ3n) is 3.90. The van der Waals surface area contributed by atoms with Crippen LogP contribution in [0.1, 0.15) is 30.8 Å². The molecule has 1 aromatic carbocycles. The van der Waals surface area contributed by atoms with Gasteiger partial charge in [-0.25, -0.2) is 0 Å². The highest BCUT2D eigenvalue weighted by atomic mass is 35.5. The van der Waals surface area contributed by atoms with Crippen LogP contribution in [0.5, 0.6) is 5.75 Å². The fourth-order valence-electron chi connectivity index (χ4n) is 2.65. The zero-order valence-corrected chi connectivity index (χ0v) is 16.1. The number of nitrogens with one attached hydrogen (secondary N) is 1. The molecule has 0 saturated heterocycles. The summed E-state index contributed by atoms with van der Waals surface area (Å²) in [6, 6.07) is 7.21. The van der Waals surface area contributed by atoms with Crippen LogP contribution in [0.2, 0.25) is 5.02 Å². The molecule has 5 nitrogen and oxygen atoms in total. The van der Waals surface area contributed by atoms with Gasteiger partial charge in [0.05, 0.1) is 18.7 Å². The molecular weight excluding hydrogens is 338 g/mol. The largest absolute Gasteiger partial charge is 0.492 e. The van der Waals surface area contributed by atoms with Crippen LogP contribution in [-0.2, 0) is 17.8 Å². The van der Waals surface area contributed by atoms with Crippen LogP contribution in [0.25, 0.3) is 0 Å². The first kappa shape index (κ1) is 19.3. The molecule has 0 radical (unpaired) electrons. The van der Waals surface area contributed by atoms with E-state index < -0.39 is 0 Å². The number of halogens is 1. The van der Waals surface area contributed by atoms with Gasteiger partial charge in [0, 0.05) is 22.8 Å². The van der Waals surface area contributed by atoms with Gasteiger partial charge in [-0.15, -0.1) is 0 Å². The Balaban J connectivity index is 1.81. The van der Waals surface area contributed by atoms with Crippen LogP contribution in [0.15, 0.2) is 24.3 Å². The number of amides is 1. The predicted octanol–water partition coefficient (Wildman–Crippen LogP) is 3.55. The number of ether oxygens (including phenoxy) is 1. The Labute approximate surface area is 154 Å². The van der Waals surface area contributed by atoms with Gasteiger partial charge in [-0.3, -0.25) is 9.48 Å². The van der Waals surface area contributed by atoms with Gasteiger partial charge in [0.25, 0.3) is 0 Å². The lowest BCUT2D eigenvalue weighted by molar-refractivity contribution is -0.120. The zero-order chi connectivity index (χ0) is 18.4. The van der Waals surface area contributed by atoms with E-state index in [1.54, 1.807) is 12.1 Å². The molecule has 0 atom stereocenters. The first-order chi connectivity index (χ1) is 11.9. The first-order valence-corrected chi connectivity index (χ1v) is 8.92. The minimum absolute atomic E-state index is 0.0232. The predicted molar refractivity (Wildman–Crippen MR) is 100 cm³/mol. The second-order valence-electron chi connectivity index (χ2n) is 6.56. The number of carbonyl (C=O) groups is 1. The lowest BCUT2D eigenvalue weighted by Gasteiger charge is -2.09. The molecule has 6 heteroatoms. The summed E-state index contributed by atoms with van der Waals surface area (Å²) in [5, 5.41) is 8.06. The minimum atomic E-state index is -0.0232. The van der Waals surface area contributed by atoms with Crippen LogP contribution in [-0.4, -0.2) is 28.8 Å². The van der Waals surface area contributed by atoms with Crippen molar-refractivity contribution in [3.05, 3.63) is 46.2 Å². The summed E-state index contributed by atoms with van der Waals surface area (Å²) in [6.07, 6.45) is 0.340. The van der Waals surface area contributed by atoms with E-state index in [0.29, 0.717) is 36.3 Å². The highest BCUT2D eigenvalue weighted by molar-refractivity contribution is 6.30. The van der Waals surface area contributed by atoms with Crippen molar-refractivity contribution in [2.45, 2.75) is 40.7 Å². The van der Waals surface area contributed by atoms with E-state index in [9.17, 15) is 4.79 Å². The lowest BCUT2D eigenvalue weighted by atomic mass is 10.1. The normalized spacial score (nSPS) is 11.0. The van der Waals surface area contributed by atoms with Crippen molar-refractivity contribution in [2.24, 2.45) is 5.92 Å². The molecule has 0 aliphatic carbocycles. The number of aromatic nitrogens is 2. The minimum Gasteiger partial charge on any atom is -0.492 e. The van der Waals surface area contributed by atoms with Crippen LogP contribution in [0.4, 0.5) is 0 Å². The number of benzene rings is 1. The van der Waals surface area contributed by atoms with Gasteiger partial charge in [-0.2, -0.15) is 5.10 Å². The topological polar surface area (TPSA) is 56.2 Å². The molecule has 0 unspecified atom stereocenters. The Morgan fingerprint density at radius 2 is 2.12 bits per heavy atom. The van der Waals surface area contributed by atoms with E-state index in [1.807, 2.05) is 30.7 Å². The number of hydrogen-bond acceptors (Lipinski definition) is 3. The average Bonchev–Trinajstić information content (AvgIpc) is 2.78. The molecule has 0 fully saturated rings. The second-order valence-corrected chi connectivity index (χ2v) is 6.99. The van der Waals surface area contributed by atoms with Crippen molar-refractivity contribution in [3.63, 3.8) is 0 Å². The molecule has 2 rings (SSSR count). The summed E-state index contributed by atoms with van der Waals surface area (Å²) in [4.78, 5) is 12.2. The maximum absolute atomic E-state index is 12.2. The Hall–Kier alpha value is -2.01. The van der Waals surface area contributed by atoms with Crippen LogP contribution >= 0.6 is 11.6 Å². The standard InChI is InChI=1S/C19H26ClN3O2/c1-13(2)12-23-15(4)18(14(3)22-23)11-19(24)21-8-9-25-17-7-5-6-16(20)10-17/h5-7,10,13H,8-9,11-12H2,1-4H3,(H,21,24). The van der Waals surface area contributed by atoms with Crippen molar-refractivity contribution in [1.82, 2.24) is 15.1 Å². The van der Waals surface area contributed by atoms with Gasteiger partial charge in [0.1, 0.15) is 12.4 Å². The summed E-state index contributed by atoms with van der Waals surface area (Å²) in [7, 11) is 0. The fourth-order valence-corrected chi connectivity index (χ4v) is 2.83. The summed E-state index contributed by atoms with van der Waals surface area (Å²) >= 11 is 5.90. The molecule has 25 heavy (non-hydrogen) atoms. The maximum atomic E-state index is 12.2. The molecular formula is C19H26ClN3O2. The van der Waals surface area contributed by atoms with Crippen molar-refractivity contribution in [1.29, 1.82) is 0 Å². The quantitative estimate of drug-likeness (QED) is 0.730. The summed E-state index contributed by atoms with van der Waals surface area (Å²) in [5.41, 5.74) is 2.99. The van der Waals surface area contributed by atoms with Crippen molar-refractivity contribution < 1.29 is 9.53 Å².